The molecule has 7 fully saturated rings. The molecule has 26 atom stereocenters. The quantitative estimate of drug-likeness (QED) is 0.0607. The maximum absolute atomic E-state index is 10.0. The lowest BCUT2D eigenvalue weighted by atomic mass is 9.70. The van der Waals surface area contributed by atoms with E-state index in [4.69, 9.17) is 0 Å². The molecule has 0 aromatic heterocycles. The van der Waals surface area contributed by atoms with Gasteiger partial charge in [-0.15, -0.1) is 0 Å². The molecular formula is C84H168O7. The number of hydrogen-bond acceptors (Lipinski definition) is 7. The third kappa shape index (κ3) is 33.9. The highest BCUT2D eigenvalue weighted by molar-refractivity contribution is 4.88. The second kappa shape index (κ2) is 50.1. The molecule has 7 aliphatic carbocycles. The highest BCUT2D eigenvalue weighted by Crippen LogP contribution is 2.42. The summed E-state index contributed by atoms with van der Waals surface area (Å²) in [6.07, 6.45) is 43.3. The van der Waals surface area contributed by atoms with E-state index < -0.39 is 0 Å². The number of hydrogen-bond donors (Lipinski definition) is 7. The van der Waals surface area contributed by atoms with Crippen LogP contribution in [0.4, 0.5) is 0 Å². The average Bonchev–Trinajstić information content (AvgIpc) is 1.66. The maximum Gasteiger partial charge on any atom is 0.0596 e. The molecule has 7 N–H and O–H groups in total. The number of aliphatic hydroxyl groups excluding tert-OH is 7. The normalized spacial score (nSPS) is 40.6. The summed E-state index contributed by atoms with van der Waals surface area (Å²) in [5, 5.41) is 69.5. The van der Waals surface area contributed by atoms with E-state index >= 15 is 0 Å². The Hall–Kier alpha value is -0.280. The summed E-state index contributed by atoms with van der Waals surface area (Å²) >= 11 is 0. The van der Waals surface area contributed by atoms with Crippen molar-refractivity contribution in [2.75, 3.05) is 0 Å². The monoisotopic (exact) mass is 1290 g/mol. The summed E-state index contributed by atoms with van der Waals surface area (Å²) in [7, 11) is 0. The molecule has 0 spiro atoms. The van der Waals surface area contributed by atoms with Gasteiger partial charge in [-0.1, -0.05) is 255 Å². The van der Waals surface area contributed by atoms with Gasteiger partial charge in [0, 0.05) is 0 Å². The van der Waals surface area contributed by atoms with Crippen LogP contribution >= 0.6 is 0 Å². The second-order valence-corrected chi connectivity index (χ2v) is 34.1. The average molecular weight is 1290 g/mol. The van der Waals surface area contributed by atoms with Gasteiger partial charge in [0.25, 0.3) is 0 Å². The third-order valence-corrected chi connectivity index (χ3v) is 25.7. The van der Waals surface area contributed by atoms with Crippen molar-refractivity contribution in [1.29, 1.82) is 0 Å². The van der Waals surface area contributed by atoms with Gasteiger partial charge in [-0.2, -0.15) is 0 Å². The zero-order chi connectivity index (χ0) is 68.9. The molecule has 7 heteroatoms. The molecule has 91 heavy (non-hydrogen) atoms. The predicted octanol–water partition coefficient (Wildman–Crippen LogP) is 22.5. The Kier molecular flexibility index (Phi) is 48.9. The lowest BCUT2D eigenvalue weighted by Gasteiger charge is -2.38. The van der Waals surface area contributed by atoms with Crippen LogP contribution in [0.25, 0.3) is 0 Å². The Balaban J connectivity index is 0.000000531. The van der Waals surface area contributed by atoms with E-state index in [1.165, 1.54) is 205 Å². The van der Waals surface area contributed by atoms with Crippen LogP contribution in [0.2, 0.25) is 0 Å². The summed E-state index contributed by atoms with van der Waals surface area (Å²) in [6.45, 7) is 47.3. The Morgan fingerprint density at radius 3 is 1.18 bits per heavy atom. The molecule has 0 saturated heterocycles. The van der Waals surface area contributed by atoms with Crippen LogP contribution < -0.4 is 0 Å². The third-order valence-electron chi connectivity index (χ3n) is 25.7. The molecule has 0 bridgehead atoms. The van der Waals surface area contributed by atoms with Gasteiger partial charge >= 0.3 is 0 Å². The molecule has 0 radical (unpaired) electrons. The predicted molar refractivity (Wildman–Crippen MR) is 396 cm³/mol. The van der Waals surface area contributed by atoms with Gasteiger partial charge in [-0.25, -0.2) is 0 Å². The summed E-state index contributed by atoms with van der Waals surface area (Å²) in [5.41, 5.74) is 0. The van der Waals surface area contributed by atoms with Gasteiger partial charge < -0.3 is 35.7 Å². The SMILES string of the molecule is CCCCC1C(C)CC(C)CC1O.CCCCC1C(C)CCC(C)C1O.CCCCC1C(O)CCC(C)C1C.CCCCC1CC(C)C(C)CC1O.CCCCC1CC(C)C(O)C(C)C1.CCCCC1CC(C)CC(C)C1O.CCCCC1CCC(C)C(C)C1O. The van der Waals surface area contributed by atoms with E-state index in [2.05, 4.69) is 145 Å². The Bertz CT molecular complexity index is 1610. The van der Waals surface area contributed by atoms with E-state index in [1.54, 1.807) is 0 Å². The zero-order valence-electron chi connectivity index (χ0n) is 65.0. The Morgan fingerprint density at radius 1 is 0.231 bits per heavy atom. The largest absolute Gasteiger partial charge is 0.393 e. The minimum absolute atomic E-state index is 0.0160. The molecule has 7 aliphatic rings. The van der Waals surface area contributed by atoms with Crippen molar-refractivity contribution in [3.05, 3.63) is 0 Å². The first-order valence-electron chi connectivity index (χ1n) is 40.8. The highest BCUT2D eigenvalue weighted by atomic mass is 16.3. The fourth-order valence-corrected chi connectivity index (χ4v) is 18.3. The molecule has 7 rings (SSSR count). The van der Waals surface area contributed by atoms with E-state index in [0.717, 1.165) is 66.6 Å². The first-order valence-corrected chi connectivity index (χ1v) is 40.8. The number of aliphatic hydroxyl groups is 7. The summed E-state index contributed by atoms with van der Waals surface area (Å²) in [6, 6.07) is 0. The van der Waals surface area contributed by atoms with Crippen molar-refractivity contribution >= 4 is 0 Å². The molecule has 26 unspecified atom stereocenters. The molecule has 7 nitrogen and oxygen atoms in total. The summed E-state index contributed by atoms with van der Waals surface area (Å²) in [4.78, 5) is 0. The van der Waals surface area contributed by atoms with E-state index in [1.807, 2.05) is 0 Å². The van der Waals surface area contributed by atoms with Crippen LogP contribution in [-0.4, -0.2) is 78.5 Å². The lowest BCUT2D eigenvalue weighted by Crippen LogP contribution is -2.36. The molecular weight excluding hydrogens is 1120 g/mol. The van der Waals surface area contributed by atoms with Crippen molar-refractivity contribution in [2.45, 2.75) is 413 Å². The van der Waals surface area contributed by atoms with Crippen molar-refractivity contribution in [3.8, 4) is 0 Å². The fourth-order valence-electron chi connectivity index (χ4n) is 18.3. The molecule has 0 amide bonds. The van der Waals surface area contributed by atoms with Gasteiger partial charge in [0.1, 0.15) is 0 Å². The van der Waals surface area contributed by atoms with Crippen molar-refractivity contribution in [1.82, 2.24) is 0 Å². The van der Waals surface area contributed by atoms with E-state index in [-0.39, 0.29) is 42.7 Å². The fraction of sp³-hybridized carbons (Fsp3) is 1.00. The standard InChI is InChI=1S/7C12H24O/c1-4-5-6-11-7-9(2)12(13)10(3)8-11;1-4-5-6-11-7-9(2)10(3)8-12(11)13;1-4-5-6-11-10(3)7-9(2)8-12(11)13;1-4-5-6-11-8-9(2)7-10(3)12(11)13;1-4-5-6-11-10(3)9(2)7-8-12(11)13;1-4-5-6-11-8-7-9(2)10(3)12(11)13;1-4-5-6-11-9(2)7-8-10(3)12(11)13/h7*9-13H,4-8H2,1-3H3. The van der Waals surface area contributed by atoms with Gasteiger partial charge in [-0.05, 0) is 240 Å². The number of unbranched alkanes of at least 4 members (excludes halogenated alkanes) is 7. The van der Waals surface area contributed by atoms with Crippen molar-refractivity contribution in [3.63, 3.8) is 0 Å². The Labute approximate surface area is 570 Å². The molecule has 546 valence electrons. The van der Waals surface area contributed by atoms with Crippen LogP contribution in [0.3, 0.4) is 0 Å². The second-order valence-electron chi connectivity index (χ2n) is 34.1. The zero-order valence-corrected chi connectivity index (χ0v) is 65.0. The van der Waals surface area contributed by atoms with Gasteiger partial charge in [0.15, 0.2) is 0 Å². The summed E-state index contributed by atoms with van der Waals surface area (Å²) in [5.74, 6) is 13.7. The molecule has 0 aromatic rings. The van der Waals surface area contributed by atoms with Gasteiger partial charge in [-0.3, -0.25) is 0 Å². The molecule has 0 heterocycles. The maximum atomic E-state index is 10.0. The molecule has 0 aliphatic heterocycles. The van der Waals surface area contributed by atoms with Crippen LogP contribution in [0.1, 0.15) is 370 Å². The van der Waals surface area contributed by atoms with Crippen LogP contribution in [0, 0.1) is 124 Å². The van der Waals surface area contributed by atoms with Crippen molar-refractivity contribution < 1.29 is 35.7 Å². The molecule has 7 saturated carbocycles. The van der Waals surface area contributed by atoms with Gasteiger partial charge in [0.05, 0.1) is 42.7 Å². The van der Waals surface area contributed by atoms with Crippen LogP contribution in [-0.2, 0) is 0 Å². The Morgan fingerprint density at radius 2 is 0.637 bits per heavy atom. The number of rotatable bonds is 21. The van der Waals surface area contributed by atoms with Crippen molar-refractivity contribution in [2.24, 2.45) is 124 Å². The lowest BCUT2D eigenvalue weighted by molar-refractivity contribution is -0.00756. The topological polar surface area (TPSA) is 142 Å². The van der Waals surface area contributed by atoms with Gasteiger partial charge in [0.2, 0.25) is 0 Å². The van der Waals surface area contributed by atoms with Crippen LogP contribution in [0.5, 0.6) is 0 Å². The first-order chi connectivity index (χ1) is 43.1. The summed E-state index contributed by atoms with van der Waals surface area (Å²) < 4.78 is 0. The van der Waals surface area contributed by atoms with E-state index in [9.17, 15) is 35.7 Å². The minimum atomic E-state index is -0.0436. The first kappa shape index (κ1) is 88.7. The smallest absolute Gasteiger partial charge is 0.0596 e. The van der Waals surface area contributed by atoms with Crippen LogP contribution in [0.15, 0.2) is 0 Å². The van der Waals surface area contributed by atoms with E-state index in [0.29, 0.717) is 76.9 Å². The molecule has 0 aromatic carbocycles. The minimum Gasteiger partial charge on any atom is -0.393 e. The highest BCUT2D eigenvalue weighted by Gasteiger charge is 2.38.